The molecule has 0 spiro atoms. The molecule has 1 aliphatic rings. The van der Waals surface area contributed by atoms with E-state index in [9.17, 15) is 5.11 Å². The van der Waals surface area contributed by atoms with E-state index in [1.807, 2.05) is 18.2 Å². The van der Waals surface area contributed by atoms with Gasteiger partial charge in [-0.1, -0.05) is 31.4 Å². The van der Waals surface area contributed by atoms with Crippen molar-refractivity contribution in [1.82, 2.24) is 0 Å². The molecule has 0 aliphatic heterocycles. The van der Waals surface area contributed by atoms with Gasteiger partial charge in [-0.2, -0.15) is 0 Å². The minimum atomic E-state index is 0.355. The van der Waals surface area contributed by atoms with Crippen LogP contribution in [0.25, 0.3) is 0 Å². The molecule has 1 saturated carbocycles. The second kappa shape index (κ2) is 5.06. The van der Waals surface area contributed by atoms with E-state index in [-0.39, 0.29) is 0 Å². The van der Waals surface area contributed by atoms with Crippen molar-refractivity contribution < 1.29 is 5.11 Å². The van der Waals surface area contributed by atoms with E-state index in [4.69, 9.17) is 0 Å². The highest BCUT2D eigenvalue weighted by atomic mass is 16.3. The lowest BCUT2D eigenvalue weighted by molar-refractivity contribution is 0.373. The fourth-order valence-electron chi connectivity index (χ4n) is 2.27. The van der Waals surface area contributed by atoms with Gasteiger partial charge in [-0.05, 0) is 30.9 Å². The maximum atomic E-state index is 9.58. The monoisotopic (exact) mass is 205 g/mol. The minimum absolute atomic E-state index is 0.355. The molecule has 0 atom stereocenters. The number of aromatic hydroxyl groups is 1. The van der Waals surface area contributed by atoms with Crippen LogP contribution >= 0.6 is 0 Å². The van der Waals surface area contributed by atoms with Crippen LogP contribution in [0.4, 0.5) is 5.69 Å². The molecule has 1 aliphatic carbocycles. The SMILES string of the molecule is Oc1ccccc1NCC1CCCCC1. The van der Waals surface area contributed by atoms with E-state index in [2.05, 4.69) is 5.32 Å². The Morgan fingerprint density at radius 3 is 2.60 bits per heavy atom. The van der Waals surface area contributed by atoms with E-state index >= 15 is 0 Å². The number of nitrogens with one attached hydrogen (secondary N) is 1. The van der Waals surface area contributed by atoms with Crippen LogP contribution < -0.4 is 5.32 Å². The second-order valence-electron chi connectivity index (χ2n) is 4.40. The van der Waals surface area contributed by atoms with Crippen LogP contribution in [-0.4, -0.2) is 11.7 Å². The number of rotatable bonds is 3. The van der Waals surface area contributed by atoms with Gasteiger partial charge in [0.1, 0.15) is 5.75 Å². The number of phenolic OH excluding ortho intramolecular Hbond substituents is 1. The van der Waals surface area contributed by atoms with Crippen molar-refractivity contribution in [2.45, 2.75) is 32.1 Å². The molecule has 0 heterocycles. The Morgan fingerprint density at radius 2 is 1.87 bits per heavy atom. The highest BCUT2D eigenvalue weighted by Gasteiger charge is 2.13. The third-order valence-electron chi connectivity index (χ3n) is 3.21. The largest absolute Gasteiger partial charge is 0.506 e. The Morgan fingerprint density at radius 1 is 1.13 bits per heavy atom. The maximum absolute atomic E-state index is 9.58. The van der Waals surface area contributed by atoms with E-state index < -0.39 is 0 Å². The molecule has 1 aromatic rings. The summed E-state index contributed by atoms with van der Waals surface area (Å²) < 4.78 is 0. The van der Waals surface area contributed by atoms with Crippen molar-refractivity contribution in [2.24, 2.45) is 5.92 Å². The summed E-state index contributed by atoms with van der Waals surface area (Å²) in [7, 11) is 0. The lowest BCUT2D eigenvalue weighted by Gasteiger charge is -2.22. The normalized spacial score (nSPS) is 17.6. The van der Waals surface area contributed by atoms with Crippen molar-refractivity contribution in [3.8, 4) is 5.75 Å². The zero-order valence-corrected chi connectivity index (χ0v) is 9.08. The molecule has 82 valence electrons. The van der Waals surface area contributed by atoms with Gasteiger partial charge in [0.25, 0.3) is 0 Å². The van der Waals surface area contributed by atoms with Crippen molar-refractivity contribution >= 4 is 5.69 Å². The molecule has 0 saturated heterocycles. The smallest absolute Gasteiger partial charge is 0.138 e. The summed E-state index contributed by atoms with van der Waals surface area (Å²) >= 11 is 0. The highest BCUT2D eigenvalue weighted by molar-refractivity contribution is 5.55. The molecule has 0 unspecified atom stereocenters. The second-order valence-corrected chi connectivity index (χ2v) is 4.40. The third kappa shape index (κ3) is 2.88. The molecule has 2 N–H and O–H groups in total. The molecule has 1 aromatic carbocycles. The summed E-state index contributed by atoms with van der Waals surface area (Å²) in [6, 6.07) is 7.45. The summed E-state index contributed by atoms with van der Waals surface area (Å²) in [6.45, 7) is 0.998. The number of phenols is 1. The lowest BCUT2D eigenvalue weighted by Crippen LogP contribution is -2.17. The number of hydrogen-bond donors (Lipinski definition) is 2. The predicted octanol–water partition coefficient (Wildman–Crippen LogP) is 3.38. The number of anilines is 1. The van der Waals surface area contributed by atoms with E-state index in [1.54, 1.807) is 6.07 Å². The van der Waals surface area contributed by atoms with E-state index in [0.29, 0.717) is 5.75 Å². The van der Waals surface area contributed by atoms with Gasteiger partial charge in [-0.25, -0.2) is 0 Å². The van der Waals surface area contributed by atoms with Crippen LogP contribution in [0, 0.1) is 5.92 Å². The number of hydrogen-bond acceptors (Lipinski definition) is 2. The van der Waals surface area contributed by atoms with Crippen molar-refractivity contribution in [2.75, 3.05) is 11.9 Å². The summed E-state index contributed by atoms with van der Waals surface area (Å²) in [6.07, 6.45) is 6.80. The van der Waals surface area contributed by atoms with Gasteiger partial charge >= 0.3 is 0 Å². The van der Waals surface area contributed by atoms with Gasteiger partial charge in [0.2, 0.25) is 0 Å². The van der Waals surface area contributed by atoms with Gasteiger partial charge < -0.3 is 10.4 Å². The van der Waals surface area contributed by atoms with Gasteiger partial charge in [0, 0.05) is 6.54 Å². The highest BCUT2D eigenvalue weighted by Crippen LogP contribution is 2.26. The summed E-state index contributed by atoms with van der Waals surface area (Å²) in [5.74, 6) is 1.15. The van der Waals surface area contributed by atoms with Crippen molar-refractivity contribution in [3.05, 3.63) is 24.3 Å². The van der Waals surface area contributed by atoms with Crippen molar-refractivity contribution in [1.29, 1.82) is 0 Å². The number of para-hydroxylation sites is 2. The third-order valence-corrected chi connectivity index (χ3v) is 3.21. The van der Waals surface area contributed by atoms with Crippen LogP contribution in [0.15, 0.2) is 24.3 Å². The Balaban J connectivity index is 1.84. The van der Waals surface area contributed by atoms with Crippen LogP contribution in [0.2, 0.25) is 0 Å². The minimum Gasteiger partial charge on any atom is -0.506 e. The van der Waals surface area contributed by atoms with Gasteiger partial charge in [-0.3, -0.25) is 0 Å². The summed E-state index contributed by atoms with van der Waals surface area (Å²) in [5, 5.41) is 12.9. The fourth-order valence-corrected chi connectivity index (χ4v) is 2.27. The molecule has 2 heteroatoms. The first-order valence-corrected chi connectivity index (χ1v) is 5.88. The Bertz CT molecular complexity index is 305. The molecule has 0 bridgehead atoms. The summed E-state index contributed by atoms with van der Waals surface area (Å²) in [4.78, 5) is 0. The summed E-state index contributed by atoms with van der Waals surface area (Å²) in [5.41, 5.74) is 0.864. The predicted molar refractivity (Wildman–Crippen MR) is 63.2 cm³/mol. The van der Waals surface area contributed by atoms with Gasteiger partial charge in [-0.15, -0.1) is 0 Å². The molecule has 0 aromatic heterocycles. The first-order chi connectivity index (χ1) is 7.36. The lowest BCUT2D eigenvalue weighted by atomic mass is 9.89. The zero-order valence-electron chi connectivity index (χ0n) is 9.08. The molecule has 0 amide bonds. The zero-order chi connectivity index (χ0) is 10.5. The Hall–Kier alpha value is -1.18. The standard InChI is InChI=1S/C13H19NO/c15-13-9-5-4-8-12(13)14-10-11-6-2-1-3-7-11/h4-5,8-9,11,14-15H,1-3,6-7,10H2. The molecule has 2 nitrogen and oxygen atoms in total. The van der Waals surface area contributed by atoms with Gasteiger partial charge in [0.05, 0.1) is 5.69 Å². The number of benzene rings is 1. The molecular weight excluding hydrogens is 186 g/mol. The first kappa shape index (κ1) is 10.3. The fraction of sp³-hybridized carbons (Fsp3) is 0.538. The molecule has 2 rings (SSSR count). The molecule has 0 radical (unpaired) electrons. The van der Waals surface area contributed by atoms with Crippen LogP contribution in [0.5, 0.6) is 5.75 Å². The van der Waals surface area contributed by atoms with Crippen LogP contribution in [0.3, 0.4) is 0 Å². The molecule has 15 heavy (non-hydrogen) atoms. The average Bonchev–Trinajstić information content (AvgIpc) is 2.29. The van der Waals surface area contributed by atoms with E-state index in [0.717, 1.165) is 18.2 Å². The topological polar surface area (TPSA) is 32.3 Å². The van der Waals surface area contributed by atoms with Gasteiger partial charge in [0.15, 0.2) is 0 Å². The molecule has 1 fully saturated rings. The quantitative estimate of drug-likeness (QED) is 0.741. The van der Waals surface area contributed by atoms with Crippen molar-refractivity contribution in [3.63, 3.8) is 0 Å². The maximum Gasteiger partial charge on any atom is 0.138 e. The van der Waals surface area contributed by atoms with Crippen LogP contribution in [-0.2, 0) is 0 Å². The first-order valence-electron chi connectivity index (χ1n) is 5.88. The molecular formula is C13H19NO. The van der Waals surface area contributed by atoms with E-state index in [1.165, 1.54) is 32.1 Å². The van der Waals surface area contributed by atoms with Crippen LogP contribution in [0.1, 0.15) is 32.1 Å². The Labute approximate surface area is 91.3 Å². The Kier molecular flexibility index (Phi) is 3.49. The average molecular weight is 205 g/mol.